The van der Waals surface area contributed by atoms with Crippen molar-refractivity contribution in [2.24, 2.45) is 0 Å². The summed E-state index contributed by atoms with van der Waals surface area (Å²) in [5.74, 6) is -5.99. The van der Waals surface area contributed by atoms with E-state index in [2.05, 4.69) is 5.32 Å². The fourth-order valence-electron chi connectivity index (χ4n) is 3.37. The van der Waals surface area contributed by atoms with Crippen molar-refractivity contribution in [3.8, 4) is 11.5 Å². The zero-order valence-corrected chi connectivity index (χ0v) is 17.3. The molecule has 0 unspecified atom stereocenters. The Balaban J connectivity index is 2.18. The fourth-order valence-corrected chi connectivity index (χ4v) is 4.29. The fraction of sp³-hybridized carbons (Fsp3) is 0.318. The Hall–Kier alpha value is -3.40. The minimum atomic E-state index is -4.02. The van der Waals surface area contributed by atoms with Gasteiger partial charge in [0.2, 0.25) is 5.91 Å². The van der Waals surface area contributed by atoms with E-state index in [1.165, 1.54) is 12.1 Å². The minimum Gasteiger partial charge on any atom is -0.493 e. The number of hydrogen-bond donors (Lipinski definition) is 1. The van der Waals surface area contributed by atoms with Crippen molar-refractivity contribution in [3.63, 3.8) is 0 Å². The van der Waals surface area contributed by atoms with E-state index in [1.807, 2.05) is 0 Å². The van der Waals surface area contributed by atoms with Crippen LogP contribution in [0.2, 0.25) is 0 Å². The summed E-state index contributed by atoms with van der Waals surface area (Å²) in [7, 11) is -7.13. The van der Waals surface area contributed by atoms with Crippen molar-refractivity contribution in [1.29, 1.82) is 0 Å². The molecule has 0 aliphatic carbocycles. The van der Waals surface area contributed by atoms with Crippen molar-refractivity contribution in [2.45, 2.75) is 19.7 Å². The lowest BCUT2D eigenvalue weighted by molar-refractivity contribution is -0.114. The highest BCUT2D eigenvalue weighted by molar-refractivity contribution is 7.90. The number of carbonyl (C=O) groups excluding carboxylic acids is 3. The van der Waals surface area contributed by atoms with Crippen LogP contribution in [-0.2, 0) is 14.6 Å². The zero-order valence-electron chi connectivity index (χ0n) is 27.5. The number of imide groups is 1. The maximum absolute atomic E-state index is 13.6. The molecule has 1 N–H and O–H groups in total. The lowest BCUT2D eigenvalue weighted by Crippen LogP contribution is -2.37. The highest BCUT2D eigenvalue weighted by Crippen LogP contribution is 2.38. The predicted octanol–water partition coefficient (Wildman–Crippen LogP) is 2.43. The topological polar surface area (TPSA) is 119 Å². The van der Waals surface area contributed by atoms with E-state index >= 15 is 0 Å². The van der Waals surface area contributed by atoms with Crippen molar-refractivity contribution in [2.75, 3.05) is 30.9 Å². The van der Waals surface area contributed by atoms with Gasteiger partial charge in [-0.1, -0.05) is 12.1 Å². The molecule has 1 atom stereocenters. The van der Waals surface area contributed by atoms with E-state index < -0.39 is 83.7 Å². The average molecular weight is 472 g/mol. The van der Waals surface area contributed by atoms with Gasteiger partial charge in [-0.05, 0) is 36.7 Å². The second-order valence-corrected chi connectivity index (χ2v) is 8.97. The number of methoxy groups -OCH3 is 1. The molecule has 9 nitrogen and oxygen atoms in total. The summed E-state index contributed by atoms with van der Waals surface area (Å²) in [5.41, 5.74) is -1.30. The minimum absolute atomic E-state index is 0.234. The number of carbonyl (C=O) groups is 3. The first-order valence-electron chi connectivity index (χ1n) is 14.3. The summed E-state index contributed by atoms with van der Waals surface area (Å²) in [6, 6.07) is 4.71. The molecule has 1 aliphatic heterocycles. The molecule has 0 saturated carbocycles. The van der Waals surface area contributed by atoms with Gasteiger partial charge in [0.05, 0.1) is 49.1 Å². The van der Waals surface area contributed by atoms with E-state index in [0.29, 0.717) is 4.90 Å². The molecule has 1 aliphatic rings. The molecule has 0 spiro atoms. The summed E-state index contributed by atoms with van der Waals surface area (Å²) in [6.45, 7) is -9.90. The Morgan fingerprint density at radius 2 is 2.03 bits per heavy atom. The number of hydrogen-bond acceptors (Lipinski definition) is 7. The molecule has 0 fully saturated rings. The highest BCUT2D eigenvalue weighted by Gasteiger charge is 2.43. The SMILES string of the molecule is [2H]C([2H])([2H])Oc1ccc([C@@H](CS(C)(=O)=O)N2C(=O)c3cccc(NC(=O)C([2H])([2H])[2H])c3C2=O)cc1OC([2H])([2H])C([2H])([2H])[2H]. The molecule has 32 heavy (non-hydrogen) atoms. The van der Waals surface area contributed by atoms with Gasteiger partial charge < -0.3 is 14.8 Å². The van der Waals surface area contributed by atoms with Gasteiger partial charge in [-0.2, -0.15) is 0 Å². The van der Waals surface area contributed by atoms with Gasteiger partial charge in [0.15, 0.2) is 11.5 Å². The Kier molecular flexibility index (Phi) is 3.54. The third-order valence-electron chi connectivity index (χ3n) is 4.59. The van der Waals surface area contributed by atoms with Crippen LogP contribution in [0.4, 0.5) is 5.69 Å². The third-order valence-corrected chi connectivity index (χ3v) is 5.51. The standard InChI is InChI=1S/C22H24N2O7S/c1-5-31-19-11-14(9-10-18(19)30-3)17(12-32(4,28)29)24-21(26)15-7-6-8-16(23-13(2)25)20(15)22(24)27/h6-11,17H,5,12H2,1-4H3,(H,23,25)/t17-/m1/s1/i1D3,2D3,3D3,5D2. The largest absolute Gasteiger partial charge is 0.493 e. The van der Waals surface area contributed by atoms with Crippen LogP contribution in [-0.4, -0.2) is 56.6 Å². The van der Waals surface area contributed by atoms with Gasteiger partial charge in [-0.15, -0.1) is 0 Å². The van der Waals surface area contributed by atoms with Crippen LogP contribution >= 0.6 is 0 Å². The summed E-state index contributed by atoms with van der Waals surface area (Å²) in [4.78, 5) is 39.7. The molecule has 3 amide bonds. The summed E-state index contributed by atoms with van der Waals surface area (Å²) >= 11 is 0. The number of anilines is 1. The maximum atomic E-state index is 13.6. The van der Waals surface area contributed by atoms with Crippen molar-refractivity contribution >= 4 is 33.2 Å². The van der Waals surface area contributed by atoms with Crippen molar-refractivity contribution in [3.05, 3.63) is 53.1 Å². The van der Waals surface area contributed by atoms with Gasteiger partial charge in [0, 0.05) is 21.3 Å². The first kappa shape index (κ1) is 12.6. The van der Waals surface area contributed by atoms with Gasteiger partial charge in [0.1, 0.15) is 9.84 Å². The molecule has 2 aromatic rings. The normalized spacial score (nSPS) is 20.9. The van der Waals surface area contributed by atoms with E-state index in [4.69, 9.17) is 24.6 Å². The molecule has 0 radical (unpaired) electrons. The van der Waals surface area contributed by atoms with Crippen LogP contribution in [0.5, 0.6) is 11.5 Å². The van der Waals surface area contributed by atoms with Crippen LogP contribution in [0.15, 0.2) is 36.4 Å². The molecule has 170 valence electrons. The van der Waals surface area contributed by atoms with Crippen LogP contribution in [0.25, 0.3) is 0 Å². The molecule has 0 bridgehead atoms. The van der Waals surface area contributed by atoms with Crippen LogP contribution in [0.3, 0.4) is 0 Å². The second-order valence-electron chi connectivity index (χ2n) is 6.78. The Bertz CT molecular complexity index is 1570. The lowest BCUT2D eigenvalue weighted by Gasteiger charge is -2.27. The second kappa shape index (κ2) is 8.99. The third kappa shape index (κ3) is 4.59. The summed E-state index contributed by atoms with van der Waals surface area (Å²) < 4.78 is 116. The van der Waals surface area contributed by atoms with E-state index in [9.17, 15) is 22.8 Å². The van der Waals surface area contributed by atoms with Crippen LogP contribution in [0, 0.1) is 0 Å². The first-order chi connectivity index (χ1) is 19.3. The van der Waals surface area contributed by atoms with Crippen LogP contribution in [0.1, 0.15) is 61.1 Å². The number of fused-ring (bicyclic) bond motifs is 1. The highest BCUT2D eigenvalue weighted by atomic mass is 32.2. The van der Waals surface area contributed by atoms with Crippen LogP contribution < -0.4 is 14.8 Å². The molecule has 1 heterocycles. The number of benzene rings is 2. The Morgan fingerprint density at radius 1 is 1.22 bits per heavy atom. The van der Waals surface area contributed by atoms with Crippen molar-refractivity contribution in [1.82, 2.24) is 4.90 Å². The van der Waals surface area contributed by atoms with Gasteiger partial charge in [-0.3, -0.25) is 19.3 Å². The van der Waals surface area contributed by atoms with E-state index in [-0.39, 0.29) is 16.8 Å². The Labute approximate surface area is 201 Å². The molecular weight excluding hydrogens is 436 g/mol. The monoisotopic (exact) mass is 471 g/mol. The number of sulfone groups is 1. The number of amides is 3. The molecule has 0 saturated heterocycles. The quantitative estimate of drug-likeness (QED) is 0.587. The van der Waals surface area contributed by atoms with Gasteiger partial charge in [0.25, 0.3) is 11.8 Å². The number of rotatable bonds is 8. The van der Waals surface area contributed by atoms with E-state index in [0.717, 1.165) is 30.5 Å². The number of nitrogens with one attached hydrogen (secondary N) is 1. The lowest BCUT2D eigenvalue weighted by atomic mass is 10.1. The molecule has 10 heteroatoms. The maximum Gasteiger partial charge on any atom is 0.264 e. The average Bonchev–Trinajstić information content (AvgIpc) is 3.06. The molecule has 2 aromatic carbocycles. The van der Waals surface area contributed by atoms with E-state index in [1.54, 1.807) is 0 Å². The zero-order chi connectivity index (χ0) is 32.9. The summed E-state index contributed by atoms with van der Waals surface area (Å²) in [5, 5.41) is 2.05. The smallest absolute Gasteiger partial charge is 0.264 e. The van der Waals surface area contributed by atoms with Gasteiger partial charge >= 0.3 is 0 Å². The number of ether oxygens (including phenoxy) is 2. The number of nitrogens with zero attached hydrogens (tertiary/aromatic N) is 1. The van der Waals surface area contributed by atoms with Gasteiger partial charge in [-0.25, -0.2) is 8.42 Å². The first-order valence-corrected chi connectivity index (χ1v) is 10.9. The molecule has 3 rings (SSSR count). The predicted molar refractivity (Wildman–Crippen MR) is 118 cm³/mol. The molecular formula is C22H24N2O7S. The Morgan fingerprint density at radius 3 is 2.72 bits per heavy atom. The molecule has 0 aromatic heterocycles. The summed E-state index contributed by atoms with van der Waals surface area (Å²) in [6.07, 6.45) is 0.789. The van der Waals surface area contributed by atoms with Crippen molar-refractivity contribution < 1.29 is 47.4 Å².